The van der Waals surface area contributed by atoms with Crippen molar-refractivity contribution in [1.82, 2.24) is 0 Å². The third kappa shape index (κ3) is 25.8. The standard InChI is InChI=1S/C2H4Cl2.C2H2O4/c1-2(3)4;3-1(4)2(5)6/h2H,1H3;(H,3,4)(H,5,6). The summed E-state index contributed by atoms with van der Waals surface area (Å²) in [6, 6.07) is 0. The van der Waals surface area contributed by atoms with Crippen LogP contribution in [0.15, 0.2) is 0 Å². The molecule has 0 aromatic carbocycles. The Balaban J connectivity index is 0. The summed E-state index contributed by atoms with van der Waals surface area (Å²) >= 11 is 10.1. The van der Waals surface area contributed by atoms with Crippen molar-refractivity contribution in [3.63, 3.8) is 0 Å². The van der Waals surface area contributed by atoms with Crippen molar-refractivity contribution in [3.05, 3.63) is 0 Å². The molecule has 0 atom stereocenters. The van der Waals surface area contributed by atoms with Crippen LogP contribution < -0.4 is 0 Å². The van der Waals surface area contributed by atoms with E-state index in [1.165, 1.54) is 0 Å². The molecule has 0 aromatic rings. The zero-order valence-corrected chi connectivity index (χ0v) is 6.56. The molecule has 0 radical (unpaired) electrons. The van der Waals surface area contributed by atoms with Gasteiger partial charge in [0.25, 0.3) is 0 Å². The summed E-state index contributed by atoms with van der Waals surface area (Å²) in [6.07, 6.45) is 0. The first-order valence-electron chi connectivity index (χ1n) is 2.12. The molecule has 0 saturated heterocycles. The predicted octanol–water partition coefficient (Wildman–Crippen LogP) is 0.966. The van der Waals surface area contributed by atoms with E-state index in [0.29, 0.717) is 0 Å². The Morgan fingerprint density at radius 1 is 1.20 bits per heavy atom. The molecule has 0 fully saturated rings. The maximum Gasteiger partial charge on any atom is 0.414 e. The highest BCUT2D eigenvalue weighted by Gasteiger charge is 2.04. The van der Waals surface area contributed by atoms with Crippen molar-refractivity contribution >= 4 is 35.1 Å². The quantitative estimate of drug-likeness (QED) is 0.439. The Morgan fingerprint density at radius 2 is 1.30 bits per heavy atom. The molecule has 0 spiro atoms. The first-order chi connectivity index (χ1) is 4.37. The molecule has 4 nitrogen and oxygen atoms in total. The van der Waals surface area contributed by atoms with E-state index in [4.69, 9.17) is 43.0 Å². The molecule has 0 aliphatic rings. The molecule has 0 aliphatic heterocycles. The van der Waals surface area contributed by atoms with Gasteiger partial charge >= 0.3 is 11.9 Å². The molecule has 0 aliphatic carbocycles. The van der Waals surface area contributed by atoms with Crippen LogP contribution in [-0.4, -0.2) is 27.0 Å². The van der Waals surface area contributed by atoms with Gasteiger partial charge in [0, 0.05) is 0 Å². The first kappa shape index (κ1) is 12.2. The fourth-order valence-corrected chi connectivity index (χ4v) is 0. The average molecular weight is 189 g/mol. The summed E-state index contributed by atoms with van der Waals surface area (Å²) in [4.78, 5) is 18.0. The van der Waals surface area contributed by atoms with Crippen molar-refractivity contribution in [2.45, 2.75) is 11.8 Å². The van der Waals surface area contributed by atoms with E-state index >= 15 is 0 Å². The van der Waals surface area contributed by atoms with Crippen LogP contribution in [0, 0.1) is 0 Å². The Labute approximate surface area is 67.4 Å². The first-order valence-corrected chi connectivity index (χ1v) is 2.99. The van der Waals surface area contributed by atoms with Gasteiger partial charge in [0.15, 0.2) is 0 Å². The monoisotopic (exact) mass is 188 g/mol. The van der Waals surface area contributed by atoms with Gasteiger partial charge in [-0.05, 0) is 6.92 Å². The summed E-state index contributed by atoms with van der Waals surface area (Å²) < 4.78 is 0. The second-order valence-electron chi connectivity index (χ2n) is 1.13. The molecule has 0 aromatic heterocycles. The molecule has 0 heterocycles. The number of carbonyl (C=O) groups is 2. The van der Waals surface area contributed by atoms with Crippen LogP contribution in [-0.2, 0) is 9.59 Å². The number of halogens is 2. The Bertz CT molecular complexity index is 108. The van der Waals surface area contributed by atoms with Crippen LogP contribution in [0.2, 0.25) is 0 Å². The van der Waals surface area contributed by atoms with E-state index in [-0.39, 0.29) is 4.84 Å². The van der Waals surface area contributed by atoms with E-state index in [9.17, 15) is 0 Å². The molecule has 0 bridgehead atoms. The fraction of sp³-hybridized carbons (Fsp3) is 0.500. The second-order valence-corrected chi connectivity index (χ2v) is 2.66. The lowest BCUT2D eigenvalue weighted by Gasteiger charge is -1.72. The van der Waals surface area contributed by atoms with Crippen molar-refractivity contribution in [3.8, 4) is 0 Å². The van der Waals surface area contributed by atoms with E-state index in [0.717, 1.165) is 0 Å². The van der Waals surface area contributed by atoms with Gasteiger partial charge in [-0.3, -0.25) is 0 Å². The van der Waals surface area contributed by atoms with Crippen LogP contribution in [0.1, 0.15) is 6.92 Å². The van der Waals surface area contributed by atoms with Gasteiger partial charge in [-0.2, -0.15) is 0 Å². The zero-order valence-electron chi connectivity index (χ0n) is 5.04. The number of aliphatic carboxylic acids is 2. The highest BCUT2D eigenvalue weighted by atomic mass is 35.5. The number of rotatable bonds is 0. The largest absolute Gasteiger partial charge is 0.473 e. The van der Waals surface area contributed by atoms with Gasteiger partial charge in [-0.25, -0.2) is 9.59 Å². The summed E-state index contributed by atoms with van der Waals surface area (Å²) in [5.74, 6) is -3.65. The summed E-state index contributed by atoms with van der Waals surface area (Å²) in [7, 11) is 0. The zero-order chi connectivity index (χ0) is 8.73. The maximum absolute atomic E-state index is 9.10. The SMILES string of the molecule is CC(Cl)Cl.O=C(O)C(=O)O. The van der Waals surface area contributed by atoms with E-state index < -0.39 is 11.9 Å². The maximum atomic E-state index is 9.10. The lowest BCUT2D eigenvalue weighted by molar-refractivity contribution is -0.159. The van der Waals surface area contributed by atoms with Gasteiger partial charge in [0.05, 0.1) is 0 Å². The molecule has 0 amide bonds. The normalized spacial score (nSPS) is 8.00. The molecular formula is C4H6Cl2O4. The van der Waals surface area contributed by atoms with Crippen molar-refractivity contribution < 1.29 is 19.8 Å². The lowest BCUT2D eigenvalue weighted by Crippen LogP contribution is -2.09. The van der Waals surface area contributed by atoms with Crippen molar-refractivity contribution in [2.75, 3.05) is 0 Å². The average Bonchev–Trinajstić information content (AvgIpc) is 1.63. The van der Waals surface area contributed by atoms with Crippen LogP contribution in [0.3, 0.4) is 0 Å². The Morgan fingerprint density at radius 3 is 1.30 bits per heavy atom. The number of carboxylic acid groups (broad SMARTS) is 2. The van der Waals surface area contributed by atoms with E-state index in [2.05, 4.69) is 0 Å². The molecule has 60 valence electrons. The summed E-state index contributed by atoms with van der Waals surface area (Å²) in [5.41, 5.74) is 0. The minimum Gasteiger partial charge on any atom is -0.473 e. The molecule has 10 heavy (non-hydrogen) atoms. The minimum absolute atomic E-state index is 0.222. The van der Waals surface area contributed by atoms with Gasteiger partial charge in [0.1, 0.15) is 4.84 Å². The van der Waals surface area contributed by atoms with Crippen LogP contribution in [0.25, 0.3) is 0 Å². The molecular weight excluding hydrogens is 183 g/mol. The topological polar surface area (TPSA) is 74.6 Å². The Kier molecular flexibility index (Phi) is 8.11. The van der Waals surface area contributed by atoms with Gasteiger partial charge in [0.2, 0.25) is 0 Å². The molecule has 0 rings (SSSR count). The predicted molar refractivity (Wildman–Crippen MR) is 36.4 cm³/mol. The summed E-state index contributed by atoms with van der Waals surface area (Å²) in [5, 5.41) is 14.8. The highest BCUT2D eigenvalue weighted by Crippen LogP contribution is 1.95. The van der Waals surface area contributed by atoms with Crippen LogP contribution >= 0.6 is 23.2 Å². The fourth-order valence-electron chi connectivity index (χ4n) is 0. The third-order valence-corrected chi connectivity index (χ3v) is 0.183. The smallest absolute Gasteiger partial charge is 0.414 e. The van der Waals surface area contributed by atoms with Crippen molar-refractivity contribution in [2.24, 2.45) is 0 Å². The van der Waals surface area contributed by atoms with Gasteiger partial charge < -0.3 is 10.2 Å². The number of alkyl halides is 2. The summed E-state index contributed by atoms with van der Waals surface area (Å²) in [6.45, 7) is 1.70. The third-order valence-electron chi connectivity index (χ3n) is 0.183. The number of carboxylic acids is 2. The Hall–Kier alpha value is -0.480. The lowest BCUT2D eigenvalue weighted by atomic mass is 10.7. The van der Waals surface area contributed by atoms with Gasteiger partial charge in [-0.15, -0.1) is 23.2 Å². The molecule has 6 heteroatoms. The second kappa shape index (κ2) is 6.64. The minimum atomic E-state index is -1.82. The molecule has 2 N–H and O–H groups in total. The molecule has 0 unspecified atom stereocenters. The van der Waals surface area contributed by atoms with Crippen molar-refractivity contribution in [1.29, 1.82) is 0 Å². The van der Waals surface area contributed by atoms with E-state index in [1.807, 2.05) is 0 Å². The van der Waals surface area contributed by atoms with E-state index in [1.54, 1.807) is 6.92 Å². The van der Waals surface area contributed by atoms with Gasteiger partial charge in [-0.1, -0.05) is 0 Å². The number of hydrogen-bond acceptors (Lipinski definition) is 2. The molecule has 0 saturated carbocycles. The highest BCUT2D eigenvalue weighted by molar-refractivity contribution is 6.43. The number of hydrogen-bond donors (Lipinski definition) is 2. The van der Waals surface area contributed by atoms with Crippen LogP contribution in [0.5, 0.6) is 0 Å². The van der Waals surface area contributed by atoms with Crippen LogP contribution in [0.4, 0.5) is 0 Å².